The van der Waals surface area contributed by atoms with E-state index in [1.165, 1.54) is 0 Å². The molecule has 0 spiro atoms. The van der Waals surface area contributed by atoms with Gasteiger partial charge >= 0.3 is 0 Å². The van der Waals surface area contributed by atoms with E-state index in [9.17, 15) is 4.79 Å². The van der Waals surface area contributed by atoms with E-state index in [2.05, 4.69) is 41.2 Å². The largest absolute Gasteiger partial charge is 0.396 e. The van der Waals surface area contributed by atoms with Crippen LogP contribution in [0, 0.1) is 0 Å². The van der Waals surface area contributed by atoms with Crippen molar-refractivity contribution in [1.29, 1.82) is 0 Å². The summed E-state index contributed by atoms with van der Waals surface area (Å²) in [6.07, 6.45) is 2.27. The van der Waals surface area contributed by atoms with Gasteiger partial charge in [-0.2, -0.15) is 15.0 Å². The van der Waals surface area contributed by atoms with Gasteiger partial charge in [0.25, 0.3) is 5.91 Å². The normalized spacial score (nSPS) is 10.7. The third-order valence-electron chi connectivity index (χ3n) is 4.95. The predicted octanol–water partition coefficient (Wildman–Crippen LogP) is 1.14. The van der Waals surface area contributed by atoms with E-state index < -0.39 is 0 Å². The van der Waals surface area contributed by atoms with E-state index in [4.69, 9.17) is 20.3 Å². The Labute approximate surface area is 221 Å². The molecular weight excluding hydrogens is 490 g/mol. The molecule has 3 rings (SSSR count). The second-order valence-electron chi connectivity index (χ2n) is 7.96. The van der Waals surface area contributed by atoms with E-state index >= 15 is 0 Å². The van der Waals surface area contributed by atoms with E-state index in [0.717, 1.165) is 5.69 Å². The second-order valence-corrected chi connectivity index (χ2v) is 7.96. The molecule has 0 radical (unpaired) electrons. The van der Waals surface area contributed by atoms with Crippen molar-refractivity contribution in [2.45, 2.75) is 13.0 Å². The number of nitrogens with two attached hydrogens (primary N) is 1. The van der Waals surface area contributed by atoms with Crippen LogP contribution in [0.4, 0.5) is 23.5 Å². The zero-order chi connectivity index (χ0) is 26.8. The van der Waals surface area contributed by atoms with Crippen molar-refractivity contribution in [2.75, 3.05) is 68.6 Å². The molecule has 1 aromatic carbocycles. The molecule has 0 aliphatic rings. The summed E-state index contributed by atoms with van der Waals surface area (Å²) in [7, 11) is 0. The standard InChI is InChI=1S/C25H35N9O4/c26-8-13-37-15-16-38-14-11-28-22(36)19-5-3-7-20(17-19)31-25-33-23(29-10-4-12-35)32-24(34-25)30-18-21-6-1-2-9-27-21/h1-3,5-7,9,17,35H,4,8,10-16,18,26H2,(H,28,36)(H3,29,30,31,32,33,34). The second kappa shape index (κ2) is 16.8. The molecule has 3 aromatic rings. The van der Waals surface area contributed by atoms with Crippen molar-refractivity contribution in [3.63, 3.8) is 0 Å². The molecule has 204 valence electrons. The fraction of sp³-hybridized carbons (Fsp3) is 0.400. The Kier molecular flexibility index (Phi) is 12.6. The first-order valence-electron chi connectivity index (χ1n) is 12.4. The number of aromatic nitrogens is 4. The summed E-state index contributed by atoms with van der Waals surface area (Å²) in [5, 5.41) is 21.3. The highest BCUT2D eigenvalue weighted by atomic mass is 16.5. The van der Waals surface area contributed by atoms with Crippen LogP contribution in [-0.4, -0.2) is 83.6 Å². The number of aliphatic hydroxyl groups is 1. The summed E-state index contributed by atoms with van der Waals surface area (Å²) in [6, 6.07) is 12.7. The lowest BCUT2D eigenvalue weighted by Crippen LogP contribution is -2.27. The number of nitrogens with zero attached hydrogens (tertiary/aromatic N) is 4. The number of carbonyl (C=O) groups is 1. The van der Waals surface area contributed by atoms with Crippen LogP contribution in [0.25, 0.3) is 0 Å². The Balaban J connectivity index is 1.59. The van der Waals surface area contributed by atoms with Crippen LogP contribution in [0.5, 0.6) is 0 Å². The Bertz CT molecular complexity index is 1110. The van der Waals surface area contributed by atoms with Gasteiger partial charge in [0.1, 0.15) is 0 Å². The third-order valence-corrected chi connectivity index (χ3v) is 4.95. The lowest BCUT2D eigenvalue weighted by atomic mass is 10.2. The Morgan fingerprint density at radius 2 is 1.68 bits per heavy atom. The van der Waals surface area contributed by atoms with Crippen LogP contribution in [0.3, 0.4) is 0 Å². The maximum Gasteiger partial charge on any atom is 0.251 e. The number of nitrogens with one attached hydrogen (secondary N) is 4. The van der Waals surface area contributed by atoms with Crippen LogP contribution in [0.15, 0.2) is 48.7 Å². The van der Waals surface area contributed by atoms with Gasteiger partial charge in [-0.05, 0) is 36.8 Å². The molecule has 0 aliphatic carbocycles. The highest BCUT2D eigenvalue weighted by Gasteiger charge is 2.10. The average Bonchev–Trinajstić information content (AvgIpc) is 2.94. The quantitative estimate of drug-likeness (QED) is 0.130. The Morgan fingerprint density at radius 1 is 0.895 bits per heavy atom. The van der Waals surface area contributed by atoms with Crippen LogP contribution < -0.4 is 27.0 Å². The molecule has 0 unspecified atom stereocenters. The van der Waals surface area contributed by atoms with Crippen molar-refractivity contribution in [2.24, 2.45) is 5.73 Å². The SMILES string of the molecule is NCCOCCOCCNC(=O)c1cccc(Nc2nc(NCCCO)nc(NCc3ccccn3)n2)c1. The molecule has 0 saturated carbocycles. The molecule has 0 fully saturated rings. The smallest absolute Gasteiger partial charge is 0.251 e. The van der Waals surface area contributed by atoms with Gasteiger partial charge in [-0.1, -0.05) is 12.1 Å². The van der Waals surface area contributed by atoms with Crippen LogP contribution >= 0.6 is 0 Å². The van der Waals surface area contributed by atoms with E-state index in [1.54, 1.807) is 24.4 Å². The Morgan fingerprint density at radius 3 is 2.45 bits per heavy atom. The number of hydrogen-bond donors (Lipinski definition) is 6. The van der Waals surface area contributed by atoms with Gasteiger partial charge < -0.3 is 41.6 Å². The van der Waals surface area contributed by atoms with Gasteiger partial charge in [0, 0.05) is 43.7 Å². The minimum atomic E-state index is -0.226. The maximum absolute atomic E-state index is 12.6. The molecule has 2 aromatic heterocycles. The van der Waals surface area contributed by atoms with Gasteiger partial charge in [0.15, 0.2) is 0 Å². The van der Waals surface area contributed by atoms with Crippen LogP contribution in [0.1, 0.15) is 22.5 Å². The fourth-order valence-electron chi connectivity index (χ4n) is 3.15. The van der Waals surface area contributed by atoms with E-state index in [-0.39, 0.29) is 18.5 Å². The summed E-state index contributed by atoms with van der Waals surface area (Å²) in [5.74, 6) is 0.762. The van der Waals surface area contributed by atoms with Gasteiger partial charge in [-0.15, -0.1) is 0 Å². The fourth-order valence-corrected chi connectivity index (χ4v) is 3.15. The molecule has 0 aliphatic heterocycles. The lowest BCUT2D eigenvalue weighted by molar-refractivity contribution is 0.0511. The molecule has 13 nitrogen and oxygen atoms in total. The summed E-state index contributed by atoms with van der Waals surface area (Å²) >= 11 is 0. The van der Waals surface area contributed by atoms with Gasteiger partial charge in [0.05, 0.1) is 38.7 Å². The molecule has 13 heteroatoms. The molecule has 0 saturated heterocycles. The number of carbonyl (C=O) groups excluding carboxylic acids is 1. The molecule has 1 amide bonds. The number of rotatable bonds is 18. The summed E-state index contributed by atoms with van der Waals surface area (Å²) in [6.45, 7) is 3.61. The highest BCUT2D eigenvalue weighted by Crippen LogP contribution is 2.18. The van der Waals surface area contributed by atoms with Gasteiger partial charge in [-0.25, -0.2) is 0 Å². The minimum absolute atomic E-state index is 0.0537. The molecule has 2 heterocycles. The van der Waals surface area contributed by atoms with Crippen molar-refractivity contribution in [3.8, 4) is 0 Å². The number of hydrogen-bond acceptors (Lipinski definition) is 12. The van der Waals surface area contributed by atoms with E-state index in [1.807, 2.05) is 24.3 Å². The maximum atomic E-state index is 12.6. The van der Waals surface area contributed by atoms with Crippen molar-refractivity contribution in [3.05, 3.63) is 59.9 Å². The van der Waals surface area contributed by atoms with Crippen LogP contribution in [-0.2, 0) is 16.0 Å². The number of ether oxygens (including phenoxy) is 2. The predicted molar refractivity (Wildman–Crippen MR) is 144 cm³/mol. The highest BCUT2D eigenvalue weighted by molar-refractivity contribution is 5.95. The molecular formula is C25H35N9O4. The topological polar surface area (TPSA) is 181 Å². The third kappa shape index (κ3) is 10.6. The molecule has 0 atom stereocenters. The number of pyridine rings is 1. The number of benzene rings is 1. The zero-order valence-corrected chi connectivity index (χ0v) is 21.2. The summed E-state index contributed by atoms with van der Waals surface area (Å²) in [4.78, 5) is 30.1. The van der Waals surface area contributed by atoms with Crippen LogP contribution in [0.2, 0.25) is 0 Å². The minimum Gasteiger partial charge on any atom is -0.396 e. The van der Waals surface area contributed by atoms with Gasteiger partial charge in [0.2, 0.25) is 17.8 Å². The number of amides is 1. The summed E-state index contributed by atoms with van der Waals surface area (Å²) in [5.41, 5.74) is 7.30. The lowest BCUT2D eigenvalue weighted by Gasteiger charge is -2.12. The van der Waals surface area contributed by atoms with Crippen molar-refractivity contribution < 1.29 is 19.4 Å². The first-order chi connectivity index (χ1) is 18.7. The Hall–Kier alpha value is -3.91. The molecule has 7 N–H and O–H groups in total. The zero-order valence-electron chi connectivity index (χ0n) is 21.2. The monoisotopic (exact) mass is 525 g/mol. The first kappa shape index (κ1) is 28.7. The van der Waals surface area contributed by atoms with E-state index in [0.29, 0.717) is 82.2 Å². The number of aliphatic hydroxyl groups excluding tert-OH is 1. The van der Waals surface area contributed by atoms with Crippen molar-refractivity contribution >= 4 is 29.4 Å². The van der Waals surface area contributed by atoms with Crippen molar-refractivity contribution in [1.82, 2.24) is 25.3 Å². The number of anilines is 4. The molecule has 38 heavy (non-hydrogen) atoms. The average molecular weight is 526 g/mol. The van der Waals surface area contributed by atoms with Gasteiger partial charge in [-0.3, -0.25) is 9.78 Å². The first-order valence-corrected chi connectivity index (χ1v) is 12.4. The molecule has 0 bridgehead atoms. The summed E-state index contributed by atoms with van der Waals surface area (Å²) < 4.78 is 10.7.